The van der Waals surface area contributed by atoms with Crippen molar-refractivity contribution in [2.45, 2.75) is 36.3 Å². The topological polar surface area (TPSA) is 72.2 Å². The second kappa shape index (κ2) is 5.44. The molecule has 2 rings (SSSR count). The van der Waals surface area contributed by atoms with Gasteiger partial charge >= 0.3 is 6.03 Å². The van der Waals surface area contributed by atoms with Crippen LogP contribution >= 0.6 is 11.8 Å². The van der Waals surface area contributed by atoms with Crippen LogP contribution in [-0.4, -0.2) is 17.2 Å². The molecule has 5 heteroatoms. The van der Waals surface area contributed by atoms with Gasteiger partial charge in [0.1, 0.15) is 0 Å². The third-order valence-electron chi connectivity index (χ3n) is 3.00. The predicted molar refractivity (Wildman–Crippen MR) is 71.5 cm³/mol. The molecule has 1 aromatic carbocycles. The first-order valence-corrected chi connectivity index (χ1v) is 6.83. The molecule has 4 nitrogen and oxygen atoms in total. The molecule has 3 N–H and O–H groups in total. The van der Waals surface area contributed by atoms with Gasteiger partial charge in [-0.25, -0.2) is 4.79 Å². The van der Waals surface area contributed by atoms with Crippen LogP contribution in [0.2, 0.25) is 0 Å². The maximum atomic E-state index is 11.6. The highest BCUT2D eigenvalue weighted by molar-refractivity contribution is 8.00. The molecule has 96 valence electrons. The average Bonchev–Trinajstić information content (AvgIpc) is 2.75. The fourth-order valence-electron chi connectivity index (χ4n) is 2.10. The van der Waals surface area contributed by atoms with E-state index >= 15 is 0 Å². The smallest absolute Gasteiger partial charge is 0.318 e. The maximum Gasteiger partial charge on any atom is 0.318 e. The molecule has 1 aromatic rings. The first-order valence-electron chi connectivity index (χ1n) is 5.95. The van der Waals surface area contributed by atoms with Crippen LogP contribution in [0.5, 0.6) is 0 Å². The fourth-order valence-corrected chi connectivity index (χ4v) is 3.03. The van der Waals surface area contributed by atoms with E-state index in [-0.39, 0.29) is 11.2 Å². The monoisotopic (exact) mass is 264 g/mol. The molecule has 1 aliphatic rings. The molecule has 0 fully saturated rings. The van der Waals surface area contributed by atoms with Crippen LogP contribution in [0.25, 0.3) is 0 Å². The zero-order chi connectivity index (χ0) is 13.1. The van der Waals surface area contributed by atoms with Crippen molar-refractivity contribution < 1.29 is 9.59 Å². The third kappa shape index (κ3) is 3.04. The Bertz CT molecular complexity index is 488. The van der Waals surface area contributed by atoms with E-state index in [1.807, 2.05) is 6.07 Å². The molecule has 0 bridgehead atoms. The highest BCUT2D eigenvalue weighted by Crippen LogP contribution is 2.29. The number of hydrogen-bond acceptors (Lipinski definition) is 3. The van der Waals surface area contributed by atoms with Gasteiger partial charge in [-0.2, -0.15) is 0 Å². The Labute approximate surface area is 110 Å². The third-order valence-corrected chi connectivity index (χ3v) is 4.09. The number of aryl methyl sites for hydroxylation is 2. The summed E-state index contributed by atoms with van der Waals surface area (Å²) in [7, 11) is 0. The first-order chi connectivity index (χ1) is 8.56. The number of carbonyl (C=O) groups excluding carboxylic acids is 2. The zero-order valence-electron chi connectivity index (χ0n) is 10.2. The van der Waals surface area contributed by atoms with Crippen LogP contribution in [0.15, 0.2) is 23.1 Å². The standard InChI is InChI=1S/C13H16N2O2S/c1-8(12(16)15-13(14)17)18-11-6-5-9-3-2-4-10(9)7-11/h5-8H,2-4H2,1H3,(H3,14,15,16,17)/t8-/m0/s1. The number of fused-ring (bicyclic) bond motifs is 1. The summed E-state index contributed by atoms with van der Waals surface area (Å²) >= 11 is 1.44. The number of rotatable bonds is 3. The van der Waals surface area contributed by atoms with Crippen LogP contribution < -0.4 is 11.1 Å². The zero-order valence-corrected chi connectivity index (χ0v) is 11.0. The molecule has 18 heavy (non-hydrogen) atoms. The van der Waals surface area contributed by atoms with E-state index in [1.165, 1.54) is 29.3 Å². The molecule has 0 saturated carbocycles. The summed E-state index contributed by atoms with van der Waals surface area (Å²) in [4.78, 5) is 23.2. The number of imide groups is 1. The van der Waals surface area contributed by atoms with Gasteiger partial charge in [0.2, 0.25) is 5.91 Å². The normalized spacial score (nSPS) is 14.9. The minimum Gasteiger partial charge on any atom is -0.351 e. The van der Waals surface area contributed by atoms with E-state index < -0.39 is 6.03 Å². The van der Waals surface area contributed by atoms with E-state index in [0.29, 0.717) is 0 Å². The summed E-state index contributed by atoms with van der Waals surface area (Å²) in [6.45, 7) is 1.76. The second-order valence-corrected chi connectivity index (χ2v) is 5.81. The molecule has 0 saturated heterocycles. The number of nitrogens with one attached hydrogen (secondary N) is 1. The summed E-state index contributed by atoms with van der Waals surface area (Å²) in [5.41, 5.74) is 7.71. The van der Waals surface area contributed by atoms with E-state index in [2.05, 4.69) is 17.4 Å². The van der Waals surface area contributed by atoms with Crippen molar-refractivity contribution in [3.05, 3.63) is 29.3 Å². The Hall–Kier alpha value is -1.49. The average molecular weight is 264 g/mol. The molecular formula is C13H16N2O2S. The minimum atomic E-state index is -0.804. The molecular weight excluding hydrogens is 248 g/mol. The Balaban J connectivity index is 2.01. The molecule has 0 aliphatic heterocycles. The molecule has 0 radical (unpaired) electrons. The highest BCUT2D eigenvalue weighted by atomic mass is 32.2. The lowest BCUT2D eigenvalue weighted by Crippen LogP contribution is -2.39. The number of benzene rings is 1. The van der Waals surface area contributed by atoms with Gasteiger partial charge in [-0.1, -0.05) is 6.07 Å². The van der Waals surface area contributed by atoms with Crippen molar-refractivity contribution in [3.63, 3.8) is 0 Å². The van der Waals surface area contributed by atoms with E-state index in [0.717, 1.165) is 17.7 Å². The van der Waals surface area contributed by atoms with Crippen LogP contribution in [0, 0.1) is 0 Å². The van der Waals surface area contributed by atoms with Gasteiger partial charge < -0.3 is 5.73 Å². The molecule has 0 spiro atoms. The summed E-state index contributed by atoms with van der Waals surface area (Å²) in [6.07, 6.45) is 3.48. The molecule has 0 aromatic heterocycles. The van der Waals surface area contributed by atoms with Crippen LogP contribution in [0.3, 0.4) is 0 Å². The van der Waals surface area contributed by atoms with Gasteiger partial charge in [-0.15, -0.1) is 11.8 Å². The van der Waals surface area contributed by atoms with Crippen molar-refractivity contribution in [1.29, 1.82) is 0 Å². The highest BCUT2D eigenvalue weighted by Gasteiger charge is 2.17. The van der Waals surface area contributed by atoms with Crippen molar-refractivity contribution in [3.8, 4) is 0 Å². The Morgan fingerprint density at radius 2 is 2.06 bits per heavy atom. The number of primary amides is 1. The van der Waals surface area contributed by atoms with Crippen LogP contribution in [0.4, 0.5) is 4.79 Å². The number of urea groups is 1. The van der Waals surface area contributed by atoms with Gasteiger partial charge in [0.05, 0.1) is 5.25 Å². The van der Waals surface area contributed by atoms with Gasteiger partial charge in [0.25, 0.3) is 0 Å². The van der Waals surface area contributed by atoms with E-state index in [1.54, 1.807) is 6.92 Å². The number of amides is 3. The van der Waals surface area contributed by atoms with E-state index in [9.17, 15) is 9.59 Å². The fraction of sp³-hybridized carbons (Fsp3) is 0.385. The minimum absolute atomic E-state index is 0.336. The largest absolute Gasteiger partial charge is 0.351 e. The molecule has 1 atom stereocenters. The van der Waals surface area contributed by atoms with Gasteiger partial charge in [0, 0.05) is 4.90 Å². The summed E-state index contributed by atoms with van der Waals surface area (Å²) in [6, 6.07) is 5.49. The summed E-state index contributed by atoms with van der Waals surface area (Å²) in [5.74, 6) is -0.354. The Kier molecular flexibility index (Phi) is 3.91. The maximum absolute atomic E-state index is 11.6. The Morgan fingerprint density at radius 3 is 2.78 bits per heavy atom. The van der Waals surface area contributed by atoms with Gasteiger partial charge in [-0.3, -0.25) is 10.1 Å². The first kappa shape index (κ1) is 13.0. The lowest BCUT2D eigenvalue weighted by atomic mass is 10.1. The van der Waals surface area contributed by atoms with Crippen molar-refractivity contribution >= 4 is 23.7 Å². The number of hydrogen-bond donors (Lipinski definition) is 2. The number of carbonyl (C=O) groups is 2. The Morgan fingerprint density at radius 1 is 1.33 bits per heavy atom. The van der Waals surface area contributed by atoms with Gasteiger partial charge in [-0.05, 0) is 49.4 Å². The number of thioether (sulfide) groups is 1. The van der Waals surface area contributed by atoms with E-state index in [4.69, 9.17) is 5.73 Å². The summed E-state index contributed by atoms with van der Waals surface area (Å²) in [5, 5.41) is 1.76. The molecule has 1 aliphatic carbocycles. The van der Waals surface area contributed by atoms with Crippen molar-refractivity contribution in [2.24, 2.45) is 5.73 Å². The quantitative estimate of drug-likeness (QED) is 0.818. The predicted octanol–water partition coefficient (Wildman–Crippen LogP) is 1.85. The molecule has 0 unspecified atom stereocenters. The number of nitrogens with two attached hydrogens (primary N) is 1. The van der Waals surface area contributed by atoms with Crippen molar-refractivity contribution in [1.82, 2.24) is 5.32 Å². The SMILES string of the molecule is C[C@H](Sc1ccc2c(c1)CCC2)C(=O)NC(N)=O. The van der Waals surface area contributed by atoms with Crippen LogP contribution in [0.1, 0.15) is 24.5 Å². The van der Waals surface area contributed by atoms with Crippen molar-refractivity contribution in [2.75, 3.05) is 0 Å². The van der Waals surface area contributed by atoms with Gasteiger partial charge in [0.15, 0.2) is 0 Å². The summed E-state index contributed by atoms with van der Waals surface area (Å²) < 4.78 is 0. The lowest BCUT2D eigenvalue weighted by molar-refractivity contribution is -0.119. The van der Waals surface area contributed by atoms with Crippen LogP contribution in [-0.2, 0) is 17.6 Å². The lowest BCUT2D eigenvalue weighted by Gasteiger charge is -2.11. The molecule has 0 heterocycles. The second-order valence-electron chi connectivity index (χ2n) is 4.40. The molecule has 3 amide bonds.